The highest BCUT2D eigenvalue weighted by molar-refractivity contribution is 5.23. The first-order valence-corrected chi connectivity index (χ1v) is 4.42. The summed E-state index contributed by atoms with van der Waals surface area (Å²) in [5.41, 5.74) is 8.29. The normalized spacial score (nSPS) is 28.6. The zero-order valence-corrected chi connectivity index (χ0v) is 7.62. The van der Waals surface area contributed by atoms with E-state index in [1.54, 1.807) is 0 Å². The second-order valence-electron chi connectivity index (χ2n) is 3.77. The molecule has 1 aromatic rings. The molecule has 1 aromatic heterocycles. The largest absolute Gasteiger partial charge is 0.328 e. The summed E-state index contributed by atoms with van der Waals surface area (Å²) < 4.78 is 1.88. The van der Waals surface area contributed by atoms with Crippen LogP contribution in [0.3, 0.4) is 0 Å². The van der Waals surface area contributed by atoms with Gasteiger partial charge in [0.05, 0.1) is 5.69 Å². The summed E-state index contributed by atoms with van der Waals surface area (Å²) in [6.45, 7) is 2.07. The zero-order chi connectivity index (χ0) is 8.72. The molecule has 1 fully saturated rings. The number of hydrogen-bond donors (Lipinski definition) is 1. The van der Waals surface area contributed by atoms with Gasteiger partial charge in [0.1, 0.15) is 0 Å². The first-order valence-electron chi connectivity index (χ1n) is 4.42. The molecule has 0 saturated heterocycles. The van der Waals surface area contributed by atoms with Gasteiger partial charge in [-0.3, -0.25) is 4.68 Å². The number of nitrogens with zero attached hydrogens (tertiary/aromatic N) is 2. The second-order valence-corrected chi connectivity index (χ2v) is 3.77. The molecule has 66 valence electrons. The topological polar surface area (TPSA) is 43.8 Å². The number of nitrogens with two attached hydrogens (primary N) is 1. The van der Waals surface area contributed by atoms with Gasteiger partial charge in [-0.2, -0.15) is 5.10 Å². The molecule has 1 aliphatic carbocycles. The van der Waals surface area contributed by atoms with Crippen LogP contribution in [-0.2, 0) is 7.05 Å². The Kier molecular flexibility index (Phi) is 1.68. The Labute approximate surface area is 72.6 Å². The molecule has 0 aliphatic heterocycles. The maximum absolute atomic E-state index is 5.74. The van der Waals surface area contributed by atoms with Crippen LogP contribution in [0.1, 0.15) is 30.0 Å². The van der Waals surface area contributed by atoms with Crippen molar-refractivity contribution in [2.75, 3.05) is 0 Å². The third-order valence-electron chi connectivity index (χ3n) is 2.67. The quantitative estimate of drug-likeness (QED) is 0.673. The lowest BCUT2D eigenvalue weighted by molar-refractivity contribution is 0.350. The Hall–Kier alpha value is -0.830. The minimum absolute atomic E-state index is 0.426. The van der Waals surface area contributed by atoms with E-state index < -0.39 is 0 Å². The lowest BCUT2D eigenvalue weighted by Crippen LogP contribution is -2.34. The lowest BCUT2D eigenvalue weighted by Gasteiger charge is -2.32. The summed E-state index contributed by atoms with van der Waals surface area (Å²) in [7, 11) is 1.97. The van der Waals surface area contributed by atoms with Gasteiger partial charge in [-0.05, 0) is 31.2 Å². The van der Waals surface area contributed by atoms with Crippen molar-refractivity contribution in [1.82, 2.24) is 9.78 Å². The molecule has 0 radical (unpaired) electrons. The van der Waals surface area contributed by atoms with Crippen LogP contribution >= 0.6 is 0 Å². The molecular formula is C9H15N3. The molecule has 0 amide bonds. The monoisotopic (exact) mass is 165 g/mol. The van der Waals surface area contributed by atoms with Crippen molar-refractivity contribution in [1.29, 1.82) is 0 Å². The van der Waals surface area contributed by atoms with Gasteiger partial charge < -0.3 is 5.73 Å². The van der Waals surface area contributed by atoms with Crippen molar-refractivity contribution in [3.8, 4) is 0 Å². The number of rotatable bonds is 1. The average Bonchev–Trinajstić information content (AvgIpc) is 2.23. The Bertz CT molecular complexity index is 284. The van der Waals surface area contributed by atoms with Crippen LogP contribution in [0.4, 0.5) is 0 Å². The average molecular weight is 165 g/mol. The number of aryl methyl sites for hydroxylation is 2. The van der Waals surface area contributed by atoms with Gasteiger partial charge in [0.25, 0.3) is 0 Å². The molecule has 0 bridgehead atoms. The molecule has 2 rings (SSSR count). The maximum atomic E-state index is 5.74. The van der Waals surface area contributed by atoms with E-state index in [-0.39, 0.29) is 0 Å². The first-order chi connectivity index (χ1) is 5.66. The highest BCUT2D eigenvalue weighted by Crippen LogP contribution is 2.36. The van der Waals surface area contributed by atoms with Gasteiger partial charge in [0, 0.05) is 19.3 Å². The van der Waals surface area contributed by atoms with Gasteiger partial charge >= 0.3 is 0 Å². The zero-order valence-electron chi connectivity index (χ0n) is 7.62. The van der Waals surface area contributed by atoms with Crippen molar-refractivity contribution in [2.45, 2.75) is 31.7 Å². The van der Waals surface area contributed by atoms with E-state index in [4.69, 9.17) is 5.73 Å². The van der Waals surface area contributed by atoms with E-state index in [0.29, 0.717) is 12.0 Å². The highest BCUT2D eigenvalue weighted by atomic mass is 15.2. The number of aromatic nitrogens is 2. The summed E-state index contributed by atoms with van der Waals surface area (Å²) in [5.74, 6) is 0.675. The summed E-state index contributed by atoms with van der Waals surface area (Å²) in [6.07, 6.45) is 4.38. The van der Waals surface area contributed by atoms with Crippen LogP contribution in [0.2, 0.25) is 0 Å². The molecule has 0 spiro atoms. The maximum Gasteiger partial charge on any atom is 0.0628 e. The van der Waals surface area contributed by atoms with Gasteiger partial charge in [-0.1, -0.05) is 0 Å². The molecule has 0 atom stereocenters. The fourth-order valence-electron chi connectivity index (χ4n) is 1.93. The third kappa shape index (κ3) is 1.14. The fraction of sp³-hybridized carbons (Fsp3) is 0.667. The lowest BCUT2D eigenvalue weighted by atomic mass is 9.76. The van der Waals surface area contributed by atoms with Crippen LogP contribution < -0.4 is 5.73 Å². The Morgan fingerprint density at radius 3 is 2.67 bits per heavy atom. The predicted molar refractivity (Wildman–Crippen MR) is 47.9 cm³/mol. The summed E-state index contributed by atoms with van der Waals surface area (Å²) >= 11 is 0. The Morgan fingerprint density at radius 1 is 1.58 bits per heavy atom. The van der Waals surface area contributed by atoms with Crippen molar-refractivity contribution in [2.24, 2.45) is 12.8 Å². The Morgan fingerprint density at radius 2 is 2.25 bits per heavy atom. The Balaban J connectivity index is 2.17. The molecule has 1 heterocycles. The first kappa shape index (κ1) is 7.80. The molecule has 2 N–H and O–H groups in total. The molecule has 0 unspecified atom stereocenters. The molecule has 0 aromatic carbocycles. The minimum atomic E-state index is 0.426. The minimum Gasteiger partial charge on any atom is -0.328 e. The molecule has 1 saturated carbocycles. The summed E-state index contributed by atoms with van der Waals surface area (Å²) in [5, 5.41) is 4.31. The second kappa shape index (κ2) is 2.59. The van der Waals surface area contributed by atoms with E-state index >= 15 is 0 Å². The van der Waals surface area contributed by atoms with Crippen LogP contribution in [-0.4, -0.2) is 15.8 Å². The van der Waals surface area contributed by atoms with E-state index in [2.05, 4.69) is 18.2 Å². The van der Waals surface area contributed by atoms with Crippen LogP contribution in [0.25, 0.3) is 0 Å². The van der Waals surface area contributed by atoms with Crippen LogP contribution in [0.15, 0.2) is 6.20 Å². The van der Waals surface area contributed by atoms with Gasteiger partial charge in [-0.25, -0.2) is 0 Å². The van der Waals surface area contributed by atoms with Crippen molar-refractivity contribution in [3.05, 3.63) is 17.5 Å². The van der Waals surface area contributed by atoms with E-state index in [1.807, 2.05) is 11.7 Å². The van der Waals surface area contributed by atoms with E-state index in [1.165, 1.54) is 5.56 Å². The molecule has 3 nitrogen and oxygen atoms in total. The SMILES string of the molecule is Cc1nn(C)cc1C1CC(N)C1. The van der Waals surface area contributed by atoms with Gasteiger partial charge in [0.15, 0.2) is 0 Å². The predicted octanol–water partition coefficient (Wildman–Crippen LogP) is 0.933. The van der Waals surface area contributed by atoms with E-state index in [0.717, 1.165) is 18.5 Å². The number of hydrogen-bond acceptors (Lipinski definition) is 2. The van der Waals surface area contributed by atoms with Crippen LogP contribution in [0, 0.1) is 6.92 Å². The highest BCUT2D eigenvalue weighted by Gasteiger charge is 2.29. The summed E-state index contributed by atoms with van der Waals surface area (Å²) in [6, 6.07) is 0.426. The molecule has 3 heteroatoms. The standard InChI is InChI=1S/C9H15N3/c1-6-9(5-12(2)11-6)7-3-8(10)4-7/h5,7-8H,3-4,10H2,1-2H3. The summed E-state index contributed by atoms with van der Waals surface area (Å²) in [4.78, 5) is 0. The van der Waals surface area contributed by atoms with Crippen LogP contribution in [0.5, 0.6) is 0 Å². The smallest absolute Gasteiger partial charge is 0.0628 e. The molecular weight excluding hydrogens is 150 g/mol. The van der Waals surface area contributed by atoms with Gasteiger partial charge in [-0.15, -0.1) is 0 Å². The molecule has 12 heavy (non-hydrogen) atoms. The third-order valence-corrected chi connectivity index (χ3v) is 2.67. The fourth-order valence-corrected chi connectivity index (χ4v) is 1.93. The van der Waals surface area contributed by atoms with Crippen molar-refractivity contribution >= 4 is 0 Å². The van der Waals surface area contributed by atoms with Gasteiger partial charge in [0.2, 0.25) is 0 Å². The van der Waals surface area contributed by atoms with E-state index in [9.17, 15) is 0 Å². The van der Waals surface area contributed by atoms with Crippen molar-refractivity contribution < 1.29 is 0 Å². The molecule has 1 aliphatic rings. The van der Waals surface area contributed by atoms with Crippen molar-refractivity contribution in [3.63, 3.8) is 0 Å².